The van der Waals surface area contributed by atoms with Crippen LogP contribution in [0.5, 0.6) is 0 Å². The molecular formula is C27H43FN6O2S. The van der Waals surface area contributed by atoms with Crippen LogP contribution in [0.25, 0.3) is 0 Å². The van der Waals surface area contributed by atoms with Gasteiger partial charge in [-0.15, -0.1) is 0 Å². The number of aromatic amines is 1. The van der Waals surface area contributed by atoms with Crippen molar-refractivity contribution in [2.45, 2.75) is 104 Å². The van der Waals surface area contributed by atoms with Gasteiger partial charge in [-0.05, 0) is 62.8 Å². The molecule has 0 saturated heterocycles. The number of H-pyrrole nitrogens is 1. The molecule has 2 heterocycles. The number of fused-ring (bicyclic) bond motifs is 1. The van der Waals surface area contributed by atoms with E-state index in [1.807, 2.05) is 6.07 Å². The van der Waals surface area contributed by atoms with Gasteiger partial charge < -0.3 is 15.5 Å². The van der Waals surface area contributed by atoms with Gasteiger partial charge in [0, 0.05) is 36.7 Å². The molecule has 1 aromatic heterocycles. The van der Waals surface area contributed by atoms with Crippen LogP contribution < -0.4 is 10.0 Å². The Balaban J connectivity index is 0.000000369. The number of rotatable bonds is 4. The summed E-state index contributed by atoms with van der Waals surface area (Å²) in [6, 6.07) is 5.14. The molecule has 3 atom stereocenters. The van der Waals surface area contributed by atoms with Gasteiger partial charge in [-0.3, -0.25) is 10.5 Å². The van der Waals surface area contributed by atoms with Gasteiger partial charge in [0.05, 0.1) is 10.6 Å². The summed E-state index contributed by atoms with van der Waals surface area (Å²) in [5.41, 5.74) is 2.47. The maximum atomic E-state index is 14.6. The van der Waals surface area contributed by atoms with E-state index in [1.54, 1.807) is 26.0 Å². The summed E-state index contributed by atoms with van der Waals surface area (Å²) < 4.78 is 34.5. The Kier molecular flexibility index (Phi) is 11.9. The molecule has 2 aromatic rings. The van der Waals surface area contributed by atoms with E-state index >= 15 is 0 Å². The van der Waals surface area contributed by atoms with Crippen molar-refractivity contribution in [3.05, 3.63) is 35.3 Å². The van der Waals surface area contributed by atoms with Crippen molar-refractivity contribution in [3.8, 4) is 0 Å². The van der Waals surface area contributed by atoms with Gasteiger partial charge in [0.2, 0.25) is 0 Å². The molecule has 1 aromatic carbocycles. The fourth-order valence-corrected chi connectivity index (χ4v) is 4.84. The lowest BCUT2D eigenvalue weighted by Gasteiger charge is -2.11. The highest BCUT2D eigenvalue weighted by Crippen LogP contribution is 2.43. The Morgan fingerprint density at radius 1 is 1.32 bits per heavy atom. The number of ether oxygens (including phenoxy) is 1. The summed E-state index contributed by atoms with van der Waals surface area (Å²) in [7, 11) is -1.33. The summed E-state index contributed by atoms with van der Waals surface area (Å²) in [6.45, 7) is 12.4. The summed E-state index contributed by atoms with van der Waals surface area (Å²) in [5.74, 6) is 0.670. The van der Waals surface area contributed by atoms with E-state index in [2.05, 4.69) is 47.9 Å². The zero-order valence-electron chi connectivity index (χ0n) is 23.0. The second-order valence-electron chi connectivity index (χ2n) is 10.3. The molecule has 0 bridgehead atoms. The van der Waals surface area contributed by atoms with Crippen LogP contribution in [-0.2, 0) is 22.3 Å². The quantitative estimate of drug-likeness (QED) is 0.215. The van der Waals surface area contributed by atoms with Crippen molar-refractivity contribution < 1.29 is 13.3 Å². The summed E-state index contributed by atoms with van der Waals surface area (Å²) in [5, 5.41) is 23.8. The number of hydrogen-bond donors (Lipinski definition) is 5. The lowest BCUT2D eigenvalue weighted by Crippen LogP contribution is -2.11. The van der Waals surface area contributed by atoms with Gasteiger partial charge in [0.15, 0.2) is 17.5 Å². The number of benzene rings is 1. The van der Waals surface area contributed by atoms with Crippen molar-refractivity contribution in [2.75, 3.05) is 5.32 Å². The van der Waals surface area contributed by atoms with Crippen LogP contribution in [0.3, 0.4) is 0 Å². The number of anilines is 2. The van der Waals surface area contributed by atoms with E-state index in [0.29, 0.717) is 27.9 Å². The molecule has 206 valence electrons. The summed E-state index contributed by atoms with van der Waals surface area (Å²) in [4.78, 5) is 0.495. The largest absolute Gasteiger partial charge is 0.478 e. The van der Waals surface area contributed by atoms with Crippen LogP contribution in [0.15, 0.2) is 23.1 Å². The van der Waals surface area contributed by atoms with Crippen LogP contribution in [0, 0.1) is 22.1 Å². The summed E-state index contributed by atoms with van der Waals surface area (Å²) >= 11 is 0. The third-order valence-electron chi connectivity index (χ3n) is 6.06. The molecule has 37 heavy (non-hydrogen) atoms. The van der Waals surface area contributed by atoms with Crippen LogP contribution in [0.1, 0.15) is 97.2 Å². The Labute approximate surface area is 223 Å². The molecular weight excluding hydrogens is 491 g/mol. The minimum Gasteiger partial charge on any atom is -0.478 e. The standard InChI is InChI=1S/C17H20FN5O2S.C5H10.C3H8.C2H5N/c1-9(19)25-11-3-2-10(6-11)14-7-16(23-22-14)21-13-4-5-15-12(17(13)18)8-20-26(15)24;1-5(2)3-4-5;1-3-2;1-2-3/h4-5,7,10-11,19-20H,2-3,6,8H2,1H3,(H2,21,22,23);3-4H2,1-2H3;3H2,1-2H3;2-3H,1H3. The zero-order chi connectivity index (χ0) is 27.6. The lowest BCUT2D eigenvalue weighted by atomic mass is 10.0. The predicted molar refractivity (Wildman–Crippen MR) is 150 cm³/mol. The molecule has 2 aliphatic carbocycles. The number of nitrogens with zero attached hydrogens (tertiary/aromatic N) is 1. The lowest BCUT2D eigenvalue weighted by molar-refractivity contribution is 0.190. The molecule has 0 spiro atoms. The molecule has 2 fully saturated rings. The highest BCUT2D eigenvalue weighted by molar-refractivity contribution is 7.83. The molecule has 0 radical (unpaired) electrons. The minimum absolute atomic E-state index is 0.0692. The Morgan fingerprint density at radius 3 is 2.51 bits per heavy atom. The highest BCUT2D eigenvalue weighted by Gasteiger charge is 2.30. The Bertz CT molecular complexity index is 1070. The summed E-state index contributed by atoms with van der Waals surface area (Å²) in [6.07, 6.45) is 8.18. The van der Waals surface area contributed by atoms with E-state index < -0.39 is 16.8 Å². The molecule has 1 aliphatic heterocycles. The smallest absolute Gasteiger partial charge is 0.177 e. The van der Waals surface area contributed by atoms with Gasteiger partial charge in [-0.2, -0.15) is 5.10 Å². The van der Waals surface area contributed by atoms with E-state index in [-0.39, 0.29) is 18.5 Å². The molecule has 8 nitrogen and oxygen atoms in total. The molecule has 3 unspecified atom stereocenters. The monoisotopic (exact) mass is 534 g/mol. The maximum absolute atomic E-state index is 14.6. The molecule has 5 rings (SSSR count). The van der Waals surface area contributed by atoms with Gasteiger partial charge in [0.1, 0.15) is 17.1 Å². The molecule has 5 N–H and O–H groups in total. The minimum atomic E-state index is -1.33. The van der Waals surface area contributed by atoms with Crippen LogP contribution in [-0.4, -0.2) is 32.6 Å². The maximum Gasteiger partial charge on any atom is 0.177 e. The van der Waals surface area contributed by atoms with Crippen molar-refractivity contribution in [2.24, 2.45) is 5.41 Å². The van der Waals surface area contributed by atoms with E-state index in [0.717, 1.165) is 30.4 Å². The van der Waals surface area contributed by atoms with Crippen LogP contribution in [0.4, 0.5) is 15.9 Å². The Morgan fingerprint density at radius 2 is 1.95 bits per heavy atom. The third kappa shape index (κ3) is 9.66. The Hall–Kier alpha value is -2.59. The second-order valence-corrected chi connectivity index (χ2v) is 11.6. The number of hydrogen-bond acceptors (Lipinski definition) is 6. The average Bonchev–Trinajstić information content (AvgIpc) is 3.24. The first-order valence-electron chi connectivity index (χ1n) is 13.0. The van der Waals surface area contributed by atoms with E-state index in [1.165, 1.54) is 25.5 Å². The number of nitrogens with one attached hydrogen (secondary N) is 5. The topological polar surface area (TPSA) is 127 Å². The SMILES string of the molecule is CC(=N)OC1CCC(c2cc(Nc3ccc4c(c3F)CNS4=O)n[nH]2)C1.CC1(C)CC1.CC=N.CCC. The third-order valence-corrected chi connectivity index (χ3v) is 7.25. The van der Waals surface area contributed by atoms with Crippen molar-refractivity contribution >= 4 is 34.6 Å². The predicted octanol–water partition coefficient (Wildman–Crippen LogP) is 6.95. The fourth-order valence-electron chi connectivity index (χ4n) is 3.83. The van der Waals surface area contributed by atoms with E-state index in [9.17, 15) is 8.60 Å². The van der Waals surface area contributed by atoms with Gasteiger partial charge >= 0.3 is 0 Å². The fraction of sp³-hybridized carbons (Fsp3) is 0.593. The highest BCUT2D eigenvalue weighted by atomic mass is 32.2. The van der Waals surface area contributed by atoms with Gasteiger partial charge in [0.25, 0.3) is 0 Å². The normalized spacial score (nSPS) is 22.1. The number of halogens is 1. The first-order valence-corrected chi connectivity index (χ1v) is 14.2. The average molecular weight is 535 g/mol. The van der Waals surface area contributed by atoms with E-state index in [4.69, 9.17) is 15.6 Å². The molecule has 0 amide bonds. The van der Waals surface area contributed by atoms with Gasteiger partial charge in [-0.25, -0.2) is 13.3 Å². The van der Waals surface area contributed by atoms with Crippen LogP contribution in [0.2, 0.25) is 0 Å². The molecule has 3 aliphatic rings. The zero-order valence-corrected chi connectivity index (χ0v) is 23.8. The van der Waals surface area contributed by atoms with Crippen molar-refractivity contribution in [3.63, 3.8) is 0 Å². The molecule has 2 saturated carbocycles. The van der Waals surface area contributed by atoms with Crippen LogP contribution >= 0.6 is 0 Å². The first kappa shape index (κ1) is 30.6. The van der Waals surface area contributed by atoms with Crippen molar-refractivity contribution in [1.82, 2.24) is 14.9 Å². The molecule has 10 heteroatoms. The van der Waals surface area contributed by atoms with Gasteiger partial charge in [-0.1, -0.05) is 34.1 Å². The first-order chi connectivity index (χ1) is 17.5. The number of aromatic nitrogens is 2. The van der Waals surface area contributed by atoms with Crippen molar-refractivity contribution in [1.29, 1.82) is 10.8 Å². The second kappa shape index (κ2) is 14.4.